The molecule has 1 aromatic rings. The van der Waals surface area contributed by atoms with Gasteiger partial charge in [0.2, 0.25) is 0 Å². The van der Waals surface area contributed by atoms with Crippen LogP contribution in [0.25, 0.3) is 0 Å². The lowest BCUT2D eigenvalue weighted by atomic mass is 10.3. The number of rotatable bonds is 6. The molecule has 0 fully saturated rings. The van der Waals surface area contributed by atoms with E-state index in [4.69, 9.17) is 27.9 Å². The van der Waals surface area contributed by atoms with Gasteiger partial charge in [0, 0.05) is 32.3 Å². The highest BCUT2D eigenvalue weighted by Gasteiger charge is 2.06. The Kier molecular flexibility index (Phi) is 5.88. The van der Waals surface area contributed by atoms with E-state index in [9.17, 15) is 0 Å². The lowest BCUT2D eigenvalue weighted by molar-refractivity contribution is 0.154. The topological polar surface area (TPSA) is 25.4 Å². The van der Waals surface area contributed by atoms with Gasteiger partial charge in [-0.05, 0) is 18.6 Å². The largest absolute Gasteiger partial charge is 0.380 e. The average molecular weight is 263 g/mol. The van der Waals surface area contributed by atoms with Gasteiger partial charge in [-0.25, -0.2) is 4.98 Å². The number of ether oxygens (including phenoxy) is 1. The van der Waals surface area contributed by atoms with Gasteiger partial charge in [-0.2, -0.15) is 0 Å². The molecule has 0 atom stereocenters. The molecular weight excluding hydrogens is 247 g/mol. The molecule has 1 rings (SSSR count). The molecule has 0 aliphatic carbocycles. The molecule has 16 heavy (non-hydrogen) atoms. The number of alkyl halides is 1. The van der Waals surface area contributed by atoms with Crippen molar-refractivity contribution in [1.29, 1.82) is 0 Å². The molecule has 0 amide bonds. The molecule has 0 saturated carbocycles. The lowest BCUT2D eigenvalue weighted by Gasteiger charge is -2.18. The molecule has 0 spiro atoms. The average Bonchev–Trinajstić information content (AvgIpc) is 2.30. The maximum atomic E-state index is 5.94. The van der Waals surface area contributed by atoms with E-state index in [1.54, 1.807) is 6.20 Å². The van der Waals surface area contributed by atoms with Gasteiger partial charge in [-0.3, -0.25) is 0 Å². The zero-order valence-electron chi connectivity index (χ0n) is 9.54. The minimum Gasteiger partial charge on any atom is -0.380 e. The van der Waals surface area contributed by atoms with E-state index in [1.807, 2.05) is 24.9 Å². The molecule has 1 aromatic heterocycles. The minimum absolute atomic E-state index is 0.396. The summed E-state index contributed by atoms with van der Waals surface area (Å²) in [5.74, 6) is 1.26. The summed E-state index contributed by atoms with van der Waals surface area (Å²) < 4.78 is 5.28. The fraction of sp³-hybridized carbons (Fsp3) is 0.545. The number of anilines is 1. The molecule has 1 heterocycles. The zero-order valence-corrected chi connectivity index (χ0v) is 11.1. The number of likely N-dealkylation sites (N-methyl/N-ethyl adjacent to an activating group) is 1. The molecule has 5 heteroatoms. The minimum atomic E-state index is 0.396. The Morgan fingerprint density at radius 2 is 2.25 bits per heavy atom. The predicted molar refractivity (Wildman–Crippen MR) is 68.6 cm³/mol. The van der Waals surface area contributed by atoms with Crippen LogP contribution in [-0.4, -0.2) is 31.8 Å². The van der Waals surface area contributed by atoms with E-state index < -0.39 is 0 Å². The third-order valence-electron chi connectivity index (χ3n) is 2.23. The molecule has 0 aliphatic heterocycles. The Bertz CT molecular complexity index is 334. The molecular formula is C11H16Cl2N2O. The van der Waals surface area contributed by atoms with E-state index >= 15 is 0 Å². The normalized spacial score (nSPS) is 10.5. The summed E-state index contributed by atoms with van der Waals surface area (Å²) in [6.45, 7) is 4.19. The molecule has 0 unspecified atom stereocenters. The standard InChI is InChI=1S/C11H16Cl2N2O/c1-3-16-5-4-15(2)11-6-9(7-12)10(13)8-14-11/h6,8H,3-5,7H2,1-2H3. The van der Waals surface area contributed by atoms with Crippen LogP contribution >= 0.6 is 23.2 Å². The number of halogens is 2. The van der Waals surface area contributed by atoms with E-state index in [0.717, 1.165) is 24.5 Å². The van der Waals surface area contributed by atoms with Crippen molar-refractivity contribution in [3.8, 4) is 0 Å². The lowest BCUT2D eigenvalue weighted by Crippen LogP contribution is -2.23. The first kappa shape index (κ1) is 13.6. The number of pyridine rings is 1. The number of hydrogen-bond acceptors (Lipinski definition) is 3. The molecule has 0 saturated heterocycles. The van der Waals surface area contributed by atoms with Crippen LogP contribution in [0.3, 0.4) is 0 Å². The Balaban J connectivity index is 2.64. The first-order valence-electron chi connectivity index (χ1n) is 5.18. The third kappa shape index (κ3) is 3.81. The third-order valence-corrected chi connectivity index (χ3v) is 2.86. The van der Waals surface area contributed by atoms with Crippen molar-refractivity contribution < 1.29 is 4.74 Å². The van der Waals surface area contributed by atoms with Crippen molar-refractivity contribution in [3.63, 3.8) is 0 Å². The fourth-order valence-corrected chi connectivity index (χ4v) is 1.70. The van der Waals surface area contributed by atoms with Gasteiger partial charge in [0.25, 0.3) is 0 Å². The van der Waals surface area contributed by atoms with Crippen molar-refractivity contribution in [2.45, 2.75) is 12.8 Å². The predicted octanol–water partition coefficient (Wildman–Crippen LogP) is 2.95. The Labute approximate surface area is 106 Å². The second-order valence-corrected chi connectivity index (χ2v) is 4.06. The summed E-state index contributed by atoms with van der Waals surface area (Å²) in [5, 5.41) is 0.608. The van der Waals surface area contributed by atoms with Gasteiger partial charge in [-0.1, -0.05) is 11.6 Å². The highest BCUT2D eigenvalue weighted by atomic mass is 35.5. The van der Waals surface area contributed by atoms with E-state index in [-0.39, 0.29) is 0 Å². The Morgan fingerprint density at radius 3 is 2.88 bits per heavy atom. The quantitative estimate of drug-likeness (QED) is 0.583. The summed E-state index contributed by atoms with van der Waals surface area (Å²) >= 11 is 11.7. The number of aromatic nitrogens is 1. The summed E-state index contributed by atoms with van der Waals surface area (Å²) in [5.41, 5.74) is 0.900. The monoisotopic (exact) mass is 262 g/mol. The van der Waals surface area contributed by atoms with Gasteiger partial charge < -0.3 is 9.64 Å². The fourth-order valence-electron chi connectivity index (χ4n) is 1.24. The maximum Gasteiger partial charge on any atom is 0.128 e. The van der Waals surface area contributed by atoms with Crippen LogP contribution in [0.2, 0.25) is 5.02 Å². The number of nitrogens with zero attached hydrogens (tertiary/aromatic N) is 2. The molecule has 0 aliphatic rings. The second kappa shape index (κ2) is 6.94. The zero-order chi connectivity index (χ0) is 12.0. The smallest absolute Gasteiger partial charge is 0.128 e. The van der Waals surface area contributed by atoms with Gasteiger partial charge in [-0.15, -0.1) is 11.6 Å². The van der Waals surface area contributed by atoms with E-state index in [1.165, 1.54) is 0 Å². The highest BCUT2D eigenvalue weighted by Crippen LogP contribution is 2.21. The molecule has 0 aromatic carbocycles. The first-order chi connectivity index (χ1) is 7.69. The van der Waals surface area contributed by atoms with E-state index in [0.29, 0.717) is 17.5 Å². The van der Waals surface area contributed by atoms with Crippen LogP contribution in [0, 0.1) is 0 Å². The van der Waals surface area contributed by atoms with Crippen LogP contribution in [0.4, 0.5) is 5.82 Å². The Morgan fingerprint density at radius 1 is 1.50 bits per heavy atom. The molecule has 0 bridgehead atoms. The molecule has 3 nitrogen and oxygen atoms in total. The van der Waals surface area contributed by atoms with Crippen LogP contribution in [0.1, 0.15) is 12.5 Å². The van der Waals surface area contributed by atoms with Gasteiger partial charge in [0.15, 0.2) is 0 Å². The van der Waals surface area contributed by atoms with Crippen molar-refractivity contribution in [2.75, 3.05) is 31.7 Å². The van der Waals surface area contributed by atoms with Crippen LogP contribution < -0.4 is 4.90 Å². The SMILES string of the molecule is CCOCCN(C)c1cc(CCl)c(Cl)cn1. The Hall–Kier alpha value is -0.510. The summed E-state index contributed by atoms with van der Waals surface area (Å²) in [6.07, 6.45) is 1.63. The van der Waals surface area contributed by atoms with Gasteiger partial charge in [0.1, 0.15) is 5.82 Å². The molecule has 0 N–H and O–H groups in total. The van der Waals surface area contributed by atoms with Crippen molar-refractivity contribution in [2.24, 2.45) is 0 Å². The van der Waals surface area contributed by atoms with Gasteiger partial charge >= 0.3 is 0 Å². The van der Waals surface area contributed by atoms with Crippen LogP contribution in [-0.2, 0) is 10.6 Å². The van der Waals surface area contributed by atoms with Crippen molar-refractivity contribution in [3.05, 3.63) is 22.8 Å². The number of hydrogen-bond donors (Lipinski definition) is 0. The first-order valence-corrected chi connectivity index (χ1v) is 6.09. The van der Waals surface area contributed by atoms with Crippen LogP contribution in [0.15, 0.2) is 12.3 Å². The molecule has 90 valence electrons. The molecule has 0 radical (unpaired) electrons. The van der Waals surface area contributed by atoms with Gasteiger partial charge in [0.05, 0.1) is 11.6 Å². The van der Waals surface area contributed by atoms with Crippen molar-refractivity contribution in [1.82, 2.24) is 4.98 Å². The summed E-state index contributed by atoms with van der Waals surface area (Å²) in [4.78, 5) is 6.26. The summed E-state index contributed by atoms with van der Waals surface area (Å²) in [7, 11) is 1.97. The second-order valence-electron chi connectivity index (χ2n) is 3.39. The van der Waals surface area contributed by atoms with Crippen LogP contribution in [0.5, 0.6) is 0 Å². The van der Waals surface area contributed by atoms with E-state index in [2.05, 4.69) is 4.98 Å². The maximum absolute atomic E-state index is 5.94. The highest BCUT2D eigenvalue weighted by molar-refractivity contribution is 6.32. The van der Waals surface area contributed by atoms with Crippen molar-refractivity contribution >= 4 is 29.0 Å². The summed E-state index contributed by atoms with van der Waals surface area (Å²) in [6, 6.07) is 1.90.